The number of ketones is 1. The molecule has 1 amide bonds. The fourth-order valence-electron chi connectivity index (χ4n) is 3.98. The van der Waals surface area contributed by atoms with Crippen LogP contribution < -0.4 is 9.47 Å². The van der Waals surface area contributed by atoms with E-state index in [-0.39, 0.29) is 23.2 Å². The monoisotopic (exact) mass is 435 g/mol. The molecule has 0 saturated carbocycles. The quantitative estimate of drug-likeness (QED) is 0.381. The van der Waals surface area contributed by atoms with E-state index in [1.165, 1.54) is 35.4 Å². The first-order valence-electron chi connectivity index (χ1n) is 10.00. The van der Waals surface area contributed by atoms with Gasteiger partial charge in [0.1, 0.15) is 30.6 Å². The molecule has 5 rings (SSSR count). The number of aliphatic hydroxyl groups is 1. The lowest BCUT2D eigenvalue weighted by Crippen LogP contribution is -2.29. The Labute approximate surface area is 182 Å². The number of carbonyl (C=O) groups is 2. The maximum absolute atomic E-state index is 14.8. The van der Waals surface area contributed by atoms with Crippen LogP contribution in [-0.2, 0) is 16.1 Å². The van der Waals surface area contributed by atoms with Crippen molar-refractivity contribution in [2.45, 2.75) is 12.6 Å². The van der Waals surface area contributed by atoms with Gasteiger partial charge in [0, 0.05) is 11.1 Å². The van der Waals surface area contributed by atoms with Gasteiger partial charge in [-0.1, -0.05) is 18.2 Å². The van der Waals surface area contributed by atoms with Crippen LogP contribution in [0.4, 0.5) is 4.39 Å². The number of hydrogen-bond donors (Lipinski definition) is 1. The summed E-state index contributed by atoms with van der Waals surface area (Å²) in [6.07, 6.45) is 1.44. The van der Waals surface area contributed by atoms with Gasteiger partial charge in [-0.2, -0.15) is 0 Å². The number of halogens is 1. The van der Waals surface area contributed by atoms with Crippen molar-refractivity contribution in [1.29, 1.82) is 0 Å². The summed E-state index contributed by atoms with van der Waals surface area (Å²) in [5.74, 6) is -1.43. The van der Waals surface area contributed by atoms with Crippen molar-refractivity contribution >= 4 is 17.4 Å². The molecule has 0 radical (unpaired) electrons. The second-order valence-electron chi connectivity index (χ2n) is 7.39. The van der Waals surface area contributed by atoms with Crippen molar-refractivity contribution < 1.29 is 33.0 Å². The van der Waals surface area contributed by atoms with E-state index in [4.69, 9.17) is 13.9 Å². The number of nitrogens with zero attached hydrogens (tertiary/aromatic N) is 1. The number of carbonyl (C=O) groups excluding carboxylic acids is 2. The summed E-state index contributed by atoms with van der Waals surface area (Å²) in [7, 11) is 0. The van der Waals surface area contributed by atoms with Crippen LogP contribution in [0.15, 0.2) is 70.9 Å². The molecule has 8 heteroatoms. The third-order valence-electron chi connectivity index (χ3n) is 5.46. The zero-order valence-corrected chi connectivity index (χ0v) is 16.8. The maximum atomic E-state index is 14.8. The van der Waals surface area contributed by atoms with Crippen LogP contribution in [-0.4, -0.2) is 34.9 Å². The molecule has 7 nitrogen and oxygen atoms in total. The fourth-order valence-corrected chi connectivity index (χ4v) is 3.98. The van der Waals surface area contributed by atoms with Gasteiger partial charge in [-0.05, 0) is 36.4 Å². The SMILES string of the molecule is O=C1C(=O)N(Cc2ccco2)C(c2ccccc2F)C1=C(O)c1ccc2c(c1)OCCO2. The summed E-state index contributed by atoms with van der Waals surface area (Å²) in [5, 5.41) is 11.1. The van der Waals surface area contributed by atoms with E-state index < -0.39 is 29.3 Å². The number of fused-ring (bicyclic) bond motifs is 1. The Balaban J connectivity index is 1.65. The van der Waals surface area contributed by atoms with Crippen molar-refractivity contribution in [2.24, 2.45) is 0 Å². The molecule has 0 bridgehead atoms. The topological polar surface area (TPSA) is 89.2 Å². The van der Waals surface area contributed by atoms with E-state index in [0.29, 0.717) is 30.5 Å². The van der Waals surface area contributed by atoms with Crippen molar-refractivity contribution in [3.63, 3.8) is 0 Å². The molecule has 1 aromatic heterocycles. The predicted molar refractivity (Wildman–Crippen MR) is 110 cm³/mol. The molecular weight excluding hydrogens is 417 g/mol. The van der Waals surface area contributed by atoms with Gasteiger partial charge in [0.2, 0.25) is 0 Å². The molecule has 2 aliphatic heterocycles. The van der Waals surface area contributed by atoms with Gasteiger partial charge < -0.3 is 23.9 Å². The summed E-state index contributed by atoms with van der Waals surface area (Å²) in [4.78, 5) is 27.1. The molecule has 2 aromatic carbocycles. The number of rotatable bonds is 4. The molecular formula is C24H18FNO6. The molecule has 0 spiro atoms. The lowest BCUT2D eigenvalue weighted by molar-refractivity contribution is -0.140. The van der Waals surface area contributed by atoms with Gasteiger partial charge in [-0.3, -0.25) is 9.59 Å². The third kappa shape index (κ3) is 3.30. The number of aliphatic hydroxyl groups excluding tert-OH is 1. The van der Waals surface area contributed by atoms with E-state index in [1.807, 2.05) is 0 Å². The highest BCUT2D eigenvalue weighted by molar-refractivity contribution is 6.46. The lowest BCUT2D eigenvalue weighted by Gasteiger charge is -2.25. The fraction of sp³-hybridized carbons (Fsp3) is 0.167. The van der Waals surface area contributed by atoms with Crippen LogP contribution in [0, 0.1) is 5.82 Å². The largest absolute Gasteiger partial charge is 0.507 e. The molecule has 162 valence electrons. The standard InChI is InChI=1S/C24H18FNO6/c25-17-6-2-1-5-16(17)21-20(23(28)24(29)26(21)13-15-4-3-9-30-15)22(27)14-7-8-18-19(12-14)32-11-10-31-18/h1-9,12,21,27H,10-11,13H2. The zero-order valence-electron chi connectivity index (χ0n) is 16.8. The normalized spacial score (nSPS) is 19.4. The Bertz CT molecular complexity index is 1230. The Morgan fingerprint density at radius 1 is 1.03 bits per heavy atom. The molecule has 1 unspecified atom stereocenters. The van der Waals surface area contributed by atoms with Crippen molar-refractivity contribution in [3.8, 4) is 11.5 Å². The minimum absolute atomic E-state index is 0.0610. The Hall–Kier alpha value is -4.07. The summed E-state index contributed by atoms with van der Waals surface area (Å²) < 4.78 is 31.2. The Morgan fingerprint density at radius 2 is 1.81 bits per heavy atom. The van der Waals surface area contributed by atoms with Crippen molar-refractivity contribution in [2.75, 3.05) is 13.2 Å². The molecule has 0 aliphatic carbocycles. The first-order valence-corrected chi connectivity index (χ1v) is 10.00. The number of Topliss-reactive ketones (excluding diaryl/α,β-unsaturated/α-hetero) is 1. The third-order valence-corrected chi connectivity index (χ3v) is 5.46. The average molecular weight is 435 g/mol. The molecule has 1 fully saturated rings. The highest BCUT2D eigenvalue weighted by atomic mass is 19.1. The second kappa shape index (κ2) is 7.88. The van der Waals surface area contributed by atoms with Crippen molar-refractivity contribution in [1.82, 2.24) is 4.90 Å². The van der Waals surface area contributed by atoms with Crippen molar-refractivity contribution in [3.05, 3.63) is 89.1 Å². The number of benzene rings is 2. The molecule has 1 atom stereocenters. The van der Waals surface area contributed by atoms with E-state index in [0.717, 1.165) is 0 Å². The van der Waals surface area contributed by atoms with E-state index in [2.05, 4.69) is 0 Å². The van der Waals surface area contributed by atoms with Crippen LogP contribution >= 0.6 is 0 Å². The number of hydrogen-bond acceptors (Lipinski definition) is 6. The lowest BCUT2D eigenvalue weighted by atomic mass is 9.94. The minimum Gasteiger partial charge on any atom is -0.507 e. The number of likely N-dealkylation sites (tertiary alicyclic amines) is 1. The zero-order chi connectivity index (χ0) is 22.2. The van der Waals surface area contributed by atoms with Gasteiger partial charge >= 0.3 is 0 Å². The van der Waals surface area contributed by atoms with E-state index >= 15 is 0 Å². The Kier molecular flexibility index (Phi) is 4.89. The summed E-state index contributed by atoms with van der Waals surface area (Å²) in [6.45, 7) is 0.692. The van der Waals surface area contributed by atoms with Crippen LogP contribution in [0.25, 0.3) is 5.76 Å². The van der Waals surface area contributed by atoms with E-state index in [9.17, 15) is 19.1 Å². The van der Waals surface area contributed by atoms with Gasteiger partial charge in [-0.15, -0.1) is 0 Å². The summed E-state index contributed by atoms with van der Waals surface area (Å²) >= 11 is 0. The van der Waals surface area contributed by atoms with Crippen LogP contribution in [0.5, 0.6) is 11.5 Å². The maximum Gasteiger partial charge on any atom is 0.296 e. The molecule has 1 saturated heterocycles. The molecule has 2 aliphatic rings. The van der Waals surface area contributed by atoms with Gasteiger partial charge in [0.15, 0.2) is 11.5 Å². The second-order valence-corrected chi connectivity index (χ2v) is 7.39. The van der Waals surface area contributed by atoms with Gasteiger partial charge in [0.05, 0.1) is 24.4 Å². The highest BCUT2D eigenvalue weighted by Gasteiger charge is 2.47. The summed E-state index contributed by atoms with van der Waals surface area (Å²) in [5.41, 5.74) is 0.146. The van der Waals surface area contributed by atoms with Crippen LogP contribution in [0.2, 0.25) is 0 Å². The average Bonchev–Trinajstić information content (AvgIpc) is 3.41. The van der Waals surface area contributed by atoms with Crippen LogP contribution in [0.1, 0.15) is 22.9 Å². The molecule has 32 heavy (non-hydrogen) atoms. The van der Waals surface area contributed by atoms with Crippen LogP contribution in [0.3, 0.4) is 0 Å². The summed E-state index contributed by atoms with van der Waals surface area (Å²) in [6, 6.07) is 12.7. The van der Waals surface area contributed by atoms with E-state index in [1.54, 1.807) is 30.3 Å². The van der Waals surface area contributed by atoms with Gasteiger partial charge in [0.25, 0.3) is 11.7 Å². The minimum atomic E-state index is -1.13. The molecule has 3 heterocycles. The molecule has 3 aromatic rings. The Morgan fingerprint density at radius 3 is 2.56 bits per heavy atom. The first-order chi connectivity index (χ1) is 15.5. The number of furan rings is 1. The van der Waals surface area contributed by atoms with Gasteiger partial charge in [-0.25, -0.2) is 4.39 Å². The first kappa shape index (κ1) is 19.9. The predicted octanol–water partition coefficient (Wildman–Crippen LogP) is 3.81. The smallest absolute Gasteiger partial charge is 0.296 e. The molecule has 1 N–H and O–H groups in total. The number of ether oxygens (including phenoxy) is 2. The highest BCUT2D eigenvalue weighted by Crippen LogP contribution is 2.42. The number of amides is 1.